The van der Waals surface area contributed by atoms with Crippen molar-refractivity contribution >= 4 is 33.2 Å². The monoisotopic (exact) mass is 416 g/mol. The van der Waals surface area contributed by atoms with Crippen molar-refractivity contribution in [1.29, 1.82) is 0 Å². The lowest BCUT2D eigenvalue weighted by Crippen LogP contribution is -2.35. The molecule has 1 aliphatic heterocycles. The van der Waals surface area contributed by atoms with Gasteiger partial charge in [-0.2, -0.15) is 0 Å². The number of fused-ring (bicyclic) bond motifs is 1. The van der Waals surface area contributed by atoms with Crippen LogP contribution in [0.25, 0.3) is 21.5 Å². The normalized spacial score (nSPS) is 14.1. The molecule has 2 aromatic heterocycles. The Morgan fingerprint density at radius 3 is 2.83 bits per heavy atom. The van der Waals surface area contributed by atoms with Gasteiger partial charge in [-0.05, 0) is 37.6 Å². The van der Waals surface area contributed by atoms with Crippen LogP contribution >= 0.6 is 11.3 Å². The predicted octanol–water partition coefficient (Wildman–Crippen LogP) is 3.51. The molecule has 5 rings (SSSR count). The Labute approximate surface area is 177 Å². The van der Waals surface area contributed by atoms with Crippen molar-refractivity contribution in [3.8, 4) is 11.3 Å². The molecule has 4 aromatic rings. The Morgan fingerprint density at radius 1 is 1.03 bits per heavy atom. The summed E-state index contributed by atoms with van der Waals surface area (Å²) >= 11 is 1.64. The van der Waals surface area contributed by atoms with Gasteiger partial charge >= 0.3 is 0 Å². The second-order valence-electron chi connectivity index (χ2n) is 7.03. The SMILES string of the molecule is Cc1nc(NC(C)c2cccc(C3=NNNN3)c2)cc(-c2ccc3scnc3c2)n1. The molecule has 0 saturated carbocycles. The Balaban J connectivity index is 1.41. The first-order valence-electron chi connectivity index (χ1n) is 9.55. The van der Waals surface area contributed by atoms with Crippen molar-refractivity contribution < 1.29 is 0 Å². The minimum absolute atomic E-state index is 0.0519. The Hall–Kier alpha value is -3.56. The van der Waals surface area contributed by atoms with Gasteiger partial charge in [0.2, 0.25) is 0 Å². The zero-order valence-corrected chi connectivity index (χ0v) is 17.3. The smallest absolute Gasteiger partial charge is 0.170 e. The highest BCUT2D eigenvalue weighted by Gasteiger charge is 2.13. The van der Waals surface area contributed by atoms with E-state index in [1.54, 1.807) is 11.3 Å². The van der Waals surface area contributed by atoms with Crippen LogP contribution in [0, 0.1) is 6.92 Å². The summed E-state index contributed by atoms with van der Waals surface area (Å²) in [6.45, 7) is 4.02. The quantitative estimate of drug-likeness (QED) is 0.395. The lowest BCUT2D eigenvalue weighted by molar-refractivity contribution is 0.577. The van der Waals surface area contributed by atoms with Gasteiger partial charge in [0, 0.05) is 23.2 Å². The van der Waals surface area contributed by atoms with Crippen molar-refractivity contribution in [1.82, 2.24) is 31.4 Å². The fourth-order valence-corrected chi connectivity index (χ4v) is 4.06. The third-order valence-electron chi connectivity index (χ3n) is 4.89. The van der Waals surface area contributed by atoms with E-state index in [9.17, 15) is 0 Å². The largest absolute Gasteiger partial charge is 0.363 e. The number of amidine groups is 1. The van der Waals surface area contributed by atoms with E-state index in [-0.39, 0.29) is 6.04 Å². The number of anilines is 1. The highest BCUT2D eigenvalue weighted by molar-refractivity contribution is 7.16. The number of hydrazone groups is 1. The number of rotatable bonds is 5. The van der Waals surface area contributed by atoms with Gasteiger partial charge in [0.1, 0.15) is 11.6 Å². The first-order chi connectivity index (χ1) is 14.7. The molecule has 30 heavy (non-hydrogen) atoms. The maximum absolute atomic E-state index is 4.63. The minimum Gasteiger partial charge on any atom is -0.363 e. The summed E-state index contributed by atoms with van der Waals surface area (Å²) in [6.07, 6.45) is 0. The summed E-state index contributed by atoms with van der Waals surface area (Å²) in [5.41, 5.74) is 15.3. The number of hydrogen-bond donors (Lipinski definition) is 4. The molecule has 1 atom stereocenters. The summed E-state index contributed by atoms with van der Waals surface area (Å²) in [6, 6.07) is 16.5. The van der Waals surface area contributed by atoms with Crippen molar-refractivity contribution in [3.05, 3.63) is 71.0 Å². The number of benzene rings is 2. The van der Waals surface area contributed by atoms with Crippen LogP contribution < -0.4 is 21.8 Å². The average molecular weight is 417 g/mol. The minimum atomic E-state index is 0.0519. The molecule has 9 heteroatoms. The van der Waals surface area contributed by atoms with Crippen LogP contribution in [0.15, 0.2) is 59.1 Å². The number of thiazole rings is 1. The van der Waals surface area contributed by atoms with E-state index in [0.717, 1.165) is 45.4 Å². The maximum atomic E-state index is 4.63. The van der Waals surface area contributed by atoms with E-state index in [0.29, 0.717) is 0 Å². The van der Waals surface area contributed by atoms with E-state index >= 15 is 0 Å². The molecule has 150 valence electrons. The van der Waals surface area contributed by atoms with E-state index in [2.05, 4.69) is 79.1 Å². The average Bonchev–Trinajstić information content (AvgIpc) is 3.45. The molecule has 8 nitrogen and oxygen atoms in total. The molecule has 0 radical (unpaired) electrons. The first kappa shape index (κ1) is 18.5. The number of hydrogen-bond acceptors (Lipinski definition) is 9. The second-order valence-corrected chi connectivity index (χ2v) is 7.92. The fraction of sp³-hybridized carbons (Fsp3) is 0.143. The molecule has 4 N–H and O–H groups in total. The van der Waals surface area contributed by atoms with Gasteiger partial charge < -0.3 is 5.32 Å². The molecule has 3 heterocycles. The highest BCUT2D eigenvalue weighted by atomic mass is 32.1. The summed E-state index contributed by atoms with van der Waals surface area (Å²) in [5.74, 6) is 2.26. The lowest BCUT2D eigenvalue weighted by atomic mass is 10.0. The standard InChI is InChI=1S/C21H20N8S/c1-12(14-4-3-5-16(8-14)21-26-28-29-27-21)23-20-10-17(24-13(2)25-20)15-6-7-19-18(9-15)22-11-30-19/h3-12,28-29H,1-2H3,(H,26,27)(H,23,24,25). The number of nitrogens with one attached hydrogen (secondary N) is 4. The van der Waals surface area contributed by atoms with Crippen LogP contribution in [0.5, 0.6) is 0 Å². The fourth-order valence-electron chi connectivity index (χ4n) is 3.40. The van der Waals surface area contributed by atoms with Gasteiger partial charge in [-0.3, -0.25) is 5.43 Å². The van der Waals surface area contributed by atoms with Crippen LogP contribution in [0.1, 0.15) is 29.9 Å². The first-order valence-corrected chi connectivity index (χ1v) is 10.4. The lowest BCUT2D eigenvalue weighted by Gasteiger charge is -2.17. The van der Waals surface area contributed by atoms with Crippen molar-refractivity contribution in [2.24, 2.45) is 5.10 Å². The van der Waals surface area contributed by atoms with Gasteiger partial charge in [-0.25, -0.2) is 20.5 Å². The molecule has 0 fully saturated rings. The van der Waals surface area contributed by atoms with Gasteiger partial charge in [-0.1, -0.05) is 24.3 Å². The van der Waals surface area contributed by atoms with Gasteiger partial charge in [-0.15, -0.1) is 22.0 Å². The summed E-state index contributed by atoms with van der Waals surface area (Å²) < 4.78 is 1.17. The van der Waals surface area contributed by atoms with E-state index in [4.69, 9.17) is 0 Å². The molecular weight excluding hydrogens is 396 g/mol. The molecule has 0 aliphatic carbocycles. The molecule has 0 bridgehead atoms. The van der Waals surface area contributed by atoms with Crippen LogP contribution in [-0.4, -0.2) is 20.8 Å². The zero-order chi connectivity index (χ0) is 20.5. The van der Waals surface area contributed by atoms with Crippen molar-refractivity contribution in [3.63, 3.8) is 0 Å². The van der Waals surface area contributed by atoms with Crippen molar-refractivity contribution in [2.75, 3.05) is 5.32 Å². The Bertz CT molecular complexity index is 1250. The Kier molecular flexibility index (Phi) is 4.74. The number of aromatic nitrogens is 3. The molecule has 0 saturated heterocycles. The topological polar surface area (TPSA) is 99.2 Å². The van der Waals surface area contributed by atoms with Gasteiger partial charge in [0.05, 0.1) is 21.4 Å². The third-order valence-corrected chi connectivity index (χ3v) is 5.70. The summed E-state index contributed by atoms with van der Waals surface area (Å²) in [5, 5.41) is 7.67. The maximum Gasteiger partial charge on any atom is 0.170 e. The van der Waals surface area contributed by atoms with Crippen LogP contribution in [-0.2, 0) is 0 Å². The molecular formula is C21H20N8S. The molecule has 1 aliphatic rings. The summed E-state index contributed by atoms with van der Waals surface area (Å²) in [4.78, 5) is 13.6. The zero-order valence-electron chi connectivity index (χ0n) is 16.5. The van der Waals surface area contributed by atoms with Crippen LogP contribution in [0.3, 0.4) is 0 Å². The van der Waals surface area contributed by atoms with Crippen molar-refractivity contribution in [2.45, 2.75) is 19.9 Å². The molecule has 0 amide bonds. The van der Waals surface area contributed by atoms with E-state index in [1.807, 2.05) is 30.6 Å². The number of aryl methyl sites for hydroxylation is 1. The molecule has 1 unspecified atom stereocenters. The van der Waals surface area contributed by atoms with Gasteiger partial charge in [0.25, 0.3) is 0 Å². The van der Waals surface area contributed by atoms with E-state index < -0.39 is 0 Å². The number of hydrazine groups is 2. The molecule has 2 aromatic carbocycles. The summed E-state index contributed by atoms with van der Waals surface area (Å²) in [7, 11) is 0. The third kappa shape index (κ3) is 3.68. The van der Waals surface area contributed by atoms with Gasteiger partial charge in [0.15, 0.2) is 5.84 Å². The predicted molar refractivity (Wildman–Crippen MR) is 120 cm³/mol. The Morgan fingerprint density at radius 2 is 1.97 bits per heavy atom. The van der Waals surface area contributed by atoms with Crippen LogP contribution in [0.4, 0.5) is 5.82 Å². The van der Waals surface area contributed by atoms with Crippen LogP contribution in [0.2, 0.25) is 0 Å². The number of nitrogens with zero attached hydrogens (tertiary/aromatic N) is 4. The molecule has 0 spiro atoms. The van der Waals surface area contributed by atoms with E-state index in [1.165, 1.54) is 4.70 Å². The second kappa shape index (κ2) is 7.69. The highest BCUT2D eigenvalue weighted by Crippen LogP contribution is 2.27.